The Balaban J connectivity index is 1.36. The molecular weight excluding hydrogens is 468 g/mol. The fourth-order valence-electron chi connectivity index (χ4n) is 5.27. The van der Waals surface area contributed by atoms with Crippen molar-refractivity contribution >= 4 is 44.9 Å². The van der Waals surface area contributed by atoms with Crippen LogP contribution >= 0.6 is 11.3 Å². The number of anilines is 1. The van der Waals surface area contributed by atoms with Gasteiger partial charge in [-0.15, -0.1) is 11.3 Å². The van der Waals surface area contributed by atoms with Crippen molar-refractivity contribution in [1.82, 2.24) is 14.9 Å². The van der Waals surface area contributed by atoms with E-state index in [4.69, 9.17) is 9.72 Å². The van der Waals surface area contributed by atoms with Gasteiger partial charge in [-0.1, -0.05) is 30.3 Å². The summed E-state index contributed by atoms with van der Waals surface area (Å²) < 4.78 is 5.30. The summed E-state index contributed by atoms with van der Waals surface area (Å²) in [5, 5.41) is 3.99. The highest BCUT2D eigenvalue weighted by molar-refractivity contribution is 7.13. The Morgan fingerprint density at radius 3 is 2.69 bits per heavy atom. The highest BCUT2D eigenvalue weighted by atomic mass is 32.1. The second-order valence-electron chi connectivity index (χ2n) is 9.22. The van der Waals surface area contributed by atoms with Crippen molar-refractivity contribution < 1.29 is 9.53 Å². The van der Waals surface area contributed by atoms with Crippen LogP contribution in [0.1, 0.15) is 40.0 Å². The third kappa shape index (κ3) is 4.24. The van der Waals surface area contributed by atoms with E-state index in [0.29, 0.717) is 6.54 Å². The predicted molar refractivity (Wildman–Crippen MR) is 146 cm³/mol. The molecule has 0 spiro atoms. The van der Waals surface area contributed by atoms with Crippen molar-refractivity contribution in [1.29, 1.82) is 0 Å². The van der Waals surface area contributed by atoms with E-state index in [1.807, 2.05) is 52.9 Å². The Kier molecular flexibility index (Phi) is 6.15. The van der Waals surface area contributed by atoms with Crippen LogP contribution in [0.25, 0.3) is 22.6 Å². The molecule has 0 atom stereocenters. The Morgan fingerprint density at radius 1 is 1.03 bits per heavy atom. The van der Waals surface area contributed by atoms with E-state index in [2.05, 4.69) is 28.1 Å². The molecule has 1 aliphatic heterocycles. The molecule has 0 bridgehead atoms. The van der Waals surface area contributed by atoms with Gasteiger partial charge in [0.2, 0.25) is 0 Å². The first-order valence-corrected chi connectivity index (χ1v) is 13.3. The smallest absolute Gasteiger partial charge is 0.254 e. The molecule has 2 aromatic carbocycles. The molecule has 1 aliphatic carbocycles. The minimum atomic E-state index is 0.122. The molecule has 3 heterocycles. The summed E-state index contributed by atoms with van der Waals surface area (Å²) in [5.41, 5.74) is 6.04. The number of carbonyl (C=O) groups is 1. The lowest BCUT2D eigenvalue weighted by Gasteiger charge is -2.23. The van der Waals surface area contributed by atoms with Gasteiger partial charge in [-0.25, -0.2) is 9.97 Å². The van der Waals surface area contributed by atoms with Crippen molar-refractivity contribution in [2.24, 2.45) is 0 Å². The lowest BCUT2D eigenvalue weighted by molar-refractivity contribution is 0.0768. The quantitative estimate of drug-likeness (QED) is 0.371. The maximum atomic E-state index is 14.1. The van der Waals surface area contributed by atoms with Gasteiger partial charge in [-0.05, 0) is 60.2 Å². The van der Waals surface area contributed by atoms with E-state index in [-0.39, 0.29) is 5.91 Å². The summed E-state index contributed by atoms with van der Waals surface area (Å²) in [6.07, 6.45) is 6.67. The number of hydrogen-bond acceptors (Lipinski definition) is 6. The number of amides is 1. The molecule has 0 saturated carbocycles. The molecule has 1 saturated heterocycles. The Morgan fingerprint density at radius 2 is 1.89 bits per heavy atom. The molecule has 4 aromatic rings. The van der Waals surface area contributed by atoms with E-state index in [9.17, 15) is 4.79 Å². The minimum Gasteiger partial charge on any atom is -0.497 e. The first-order chi connectivity index (χ1) is 17.7. The summed E-state index contributed by atoms with van der Waals surface area (Å²) in [4.78, 5) is 27.9. The average Bonchev–Trinajstić information content (AvgIpc) is 3.52. The van der Waals surface area contributed by atoms with Crippen LogP contribution in [0.2, 0.25) is 0 Å². The SMILES string of the molecule is COc1ccc(/C=C2/CCc3c2nc2ccccc2c3C(=O)N2CCCN(c3nccs3)CC2)cc1. The van der Waals surface area contributed by atoms with Gasteiger partial charge in [0.25, 0.3) is 5.91 Å². The fraction of sp³-hybridized carbons (Fsp3) is 0.276. The lowest BCUT2D eigenvalue weighted by Crippen LogP contribution is -2.36. The van der Waals surface area contributed by atoms with E-state index >= 15 is 0 Å². The van der Waals surface area contributed by atoms with Crippen molar-refractivity contribution in [2.75, 3.05) is 38.2 Å². The van der Waals surface area contributed by atoms with Gasteiger partial charge in [-0.2, -0.15) is 0 Å². The summed E-state index contributed by atoms with van der Waals surface area (Å²) >= 11 is 1.66. The summed E-state index contributed by atoms with van der Waals surface area (Å²) in [7, 11) is 1.68. The number of benzene rings is 2. The molecule has 0 unspecified atom stereocenters. The van der Waals surface area contributed by atoms with Gasteiger partial charge in [0, 0.05) is 43.1 Å². The highest BCUT2D eigenvalue weighted by Gasteiger charge is 2.30. The maximum absolute atomic E-state index is 14.1. The number of rotatable bonds is 4. The molecule has 6 nitrogen and oxygen atoms in total. The van der Waals surface area contributed by atoms with Gasteiger partial charge in [0.05, 0.1) is 23.9 Å². The first kappa shape index (κ1) is 22.7. The second-order valence-corrected chi connectivity index (χ2v) is 10.1. The largest absolute Gasteiger partial charge is 0.497 e. The summed E-state index contributed by atoms with van der Waals surface area (Å²) in [5.74, 6) is 0.961. The molecule has 0 radical (unpaired) electrons. The van der Waals surface area contributed by atoms with Crippen LogP contribution in [0.15, 0.2) is 60.1 Å². The van der Waals surface area contributed by atoms with E-state index in [1.165, 1.54) is 5.57 Å². The zero-order chi connectivity index (χ0) is 24.5. The number of thiazole rings is 1. The number of aromatic nitrogens is 2. The van der Waals surface area contributed by atoms with Gasteiger partial charge in [-0.3, -0.25) is 4.79 Å². The minimum absolute atomic E-state index is 0.122. The zero-order valence-corrected chi connectivity index (χ0v) is 21.1. The molecule has 36 heavy (non-hydrogen) atoms. The van der Waals surface area contributed by atoms with Gasteiger partial charge in [0.15, 0.2) is 5.13 Å². The second kappa shape index (κ2) is 9.74. The Bertz CT molecular complexity index is 1430. The number of carbonyl (C=O) groups excluding carboxylic acids is 1. The van der Waals surface area contributed by atoms with Crippen molar-refractivity contribution in [3.63, 3.8) is 0 Å². The fourth-order valence-corrected chi connectivity index (χ4v) is 5.96. The molecule has 182 valence electrons. The van der Waals surface area contributed by atoms with Crippen LogP contribution in [0.3, 0.4) is 0 Å². The molecule has 6 rings (SSSR count). The van der Waals surface area contributed by atoms with Crippen LogP contribution < -0.4 is 9.64 Å². The van der Waals surface area contributed by atoms with Crippen molar-refractivity contribution in [3.05, 3.63) is 82.5 Å². The third-order valence-electron chi connectivity index (χ3n) is 7.09. The van der Waals surface area contributed by atoms with Gasteiger partial charge >= 0.3 is 0 Å². The van der Waals surface area contributed by atoms with Crippen molar-refractivity contribution in [2.45, 2.75) is 19.3 Å². The Labute approximate surface area is 214 Å². The van der Waals surface area contributed by atoms with Gasteiger partial charge < -0.3 is 14.5 Å². The molecule has 2 aliphatic rings. The number of methoxy groups -OCH3 is 1. The predicted octanol–water partition coefficient (Wildman–Crippen LogP) is 5.54. The van der Waals surface area contributed by atoms with Gasteiger partial charge in [0.1, 0.15) is 5.75 Å². The van der Waals surface area contributed by atoms with Crippen molar-refractivity contribution in [3.8, 4) is 5.75 Å². The number of pyridine rings is 1. The molecule has 0 N–H and O–H groups in total. The van der Waals surface area contributed by atoms with Crippen LogP contribution in [0.5, 0.6) is 5.75 Å². The third-order valence-corrected chi connectivity index (χ3v) is 7.92. The average molecular weight is 497 g/mol. The molecule has 7 heteroatoms. The monoisotopic (exact) mass is 496 g/mol. The standard InChI is InChI=1S/C29H28N4O2S/c1-35-22-10-7-20(8-11-22)19-21-9-12-24-26(23-5-2-3-6-25(23)31-27(21)24)28(34)32-14-4-15-33(17-16-32)29-30-13-18-36-29/h2-3,5-8,10-11,13,18-19H,4,9,12,14-17H2,1H3/b21-19-. The topological polar surface area (TPSA) is 58.6 Å². The number of fused-ring (bicyclic) bond motifs is 2. The van der Waals surface area contributed by atoms with Crippen LogP contribution in [-0.2, 0) is 6.42 Å². The van der Waals surface area contributed by atoms with E-state index in [0.717, 1.165) is 83.1 Å². The molecule has 1 amide bonds. The Hall–Kier alpha value is -3.71. The van der Waals surface area contributed by atoms with E-state index in [1.54, 1.807) is 18.4 Å². The highest BCUT2D eigenvalue weighted by Crippen LogP contribution is 2.38. The number of allylic oxidation sites excluding steroid dienone is 1. The molecule has 1 fully saturated rings. The van der Waals surface area contributed by atoms with Crippen LogP contribution in [-0.4, -0.2) is 54.1 Å². The number of nitrogens with zero attached hydrogens (tertiary/aromatic N) is 4. The number of ether oxygens (including phenoxy) is 1. The number of para-hydroxylation sites is 1. The summed E-state index contributed by atoms with van der Waals surface area (Å²) in [6, 6.07) is 16.1. The lowest BCUT2D eigenvalue weighted by atomic mass is 9.99. The molecule has 2 aromatic heterocycles. The normalized spacial score (nSPS) is 16.9. The van der Waals surface area contributed by atoms with Crippen LogP contribution in [0.4, 0.5) is 5.13 Å². The number of hydrogen-bond donors (Lipinski definition) is 0. The summed E-state index contributed by atoms with van der Waals surface area (Å²) in [6.45, 7) is 3.16. The zero-order valence-electron chi connectivity index (χ0n) is 20.3. The first-order valence-electron chi connectivity index (χ1n) is 12.4. The molecular formula is C29H28N4O2S. The van der Waals surface area contributed by atoms with Crippen LogP contribution in [0, 0.1) is 0 Å². The maximum Gasteiger partial charge on any atom is 0.254 e. The van der Waals surface area contributed by atoms with E-state index < -0.39 is 0 Å².